The summed E-state index contributed by atoms with van der Waals surface area (Å²) in [4.78, 5) is 31.8. The van der Waals surface area contributed by atoms with Crippen LogP contribution >= 0.6 is 22.9 Å². The number of piperidine rings is 1. The van der Waals surface area contributed by atoms with Crippen LogP contribution in [0.15, 0.2) is 29.6 Å². The van der Waals surface area contributed by atoms with Crippen molar-refractivity contribution in [1.82, 2.24) is 15.2 Å². The largest absolute Gasteiger partial charge is 0.353 e. The van der Waals surface area contributed by atoms with E-state index in [-0.39, 0.29) is 24.3 Å². The van der Waals surface area contributed by atoms with Gasteiger partial charge in [-0.2, -0.15) is 0 Å². The molecule has 160 valence electrons. The molecular formula is C23H28ClN3O2S. The molecule has 2 heterocycles. The molecule has 4 rings (SSSR count). The van der Waals surface area contributed by atoms with Crippen molar-refractivity contribution >= 4 is 34.8 Å². The maximum Gasteiger partial charge on any atom is 0.226 e. The lowest BCUT2D eigenvalue weighted by molar-refractivity contribution is -0.137. The van der Waals surface area contributed by atoms with Crippen LogP contribution in [-0.2, 0) is 16.0 Å². The Balaban J connectivity index is 1.24. The molecule has 2 fully saturated rings. The van der Waals surface area contributed by atoms with Crippen molar-refractivity contribution in [1.29, 1.82) is 0 Å². The molecule has 2 amide bonds. The minimum atomic E-state index is -0.0111. The first-order chi connectivity index (χ1) is 14.6. The molecule has 7 heteroatoms. The zero-order chi connectivity index (χ0) is 20.9. The molecule has 1 saturated heterocycles. The summed E-state index contributed by atoms with van der Waals surface area (Å²) in [6.45, 7) is 1.49. The highest BCUT2D eigenvalue weighted by Crippen LogP contribution is 2.30. The predicted molar refractivity (Wildman–Crippen MR) is 121 cm³/mol. The number of thiazole rings is 1. The Labute approximate surface area is 186 Å². The van der Waals surface area contributed by atoms with Gasteiger partial charge >= 0.3 is 0 Å². The zero-order valence-corrected chi connectivity index (χ0v) is 18.7. The summed E-state index contributed by atoms with van der Waals surface area (Å²) in [5.74, 6) is 0.541. The molecule has 1 aliphatic heterocycles. The Kier molecular flexibility index (Phi) is 7.05. The lowest BCUT2D eigenvalue weighted by Gasteiger charge is -2.35. The van der Waals surface area contributed by atoms with E-state index in [1.54, 1.807) is 0 Å². The van der Waals surface area contributed by atoms with Crippen molar-refractivity contribution in [3.8, 4) is 10.6 Å². The zero-order valence-electron chi connectivity index (χ0n) is 17.1. The second kappa shape index (κ2) is 9.92. The molecule has 5 nitrogen and oxygen atoms in total. The molecule has 30 heavy (non-hydrogen) atoms. The van der Waals surface area contributed by atoms with Gasteiger partial charge in [0.15, 0.2) is 0 Å². The minimum absolute atomic E-state index is 0.0111. The maximum atomic E-state index is 12.7. The van der Waals surface area contributed by atoms with Crippen LogP contribution in [0.4, 0.5) is 0 Å². The Morgan fingerprint density at radius 2 is 1.83 bits per heavy atom. The van der Waals surface area contributed by atoms with Gasteiger partial charge in [0.05, 0.1) is 17.1 Å². The second-order valence-electron chi connectivity index (χ2n) is 8.30. The Bertz CT molecular complexity index is 886. The number of hydrogen-bond acceptors (Lipinski definition) is 4. The number of carbonyl (C=O) groups is 2. The summed E-state index contributed by atoms with van der Waals surface area (Å²) in [5, 5.41) is 6.54. The van der Waals surface area contributed by atoms with Gasteiger partial charge in [0.2, 0.25) is 11.8 Å². The molecule has 1 N–H and O–H groups in total. The number of benzene rings is 1. The predicted octanol–water partition coefficient (Wildman–Crippen LogP) is 4.69. The summed E-state index contributed by atoms with van der Waals surface area (Å²) in [6, 6.07) is 7.74. The molecule has 2 aliphatic rings. The van der Waals surface area contributed by atoms with E-state index >= 15 is 0 Å². The first-order valence-corrected chi connectivity index (χ1v) is 12.1. The number of likely N-dealkylation sites (tertiary alicyclic amines) is 1. The molecule has 1 aromatic carbocycles. The van der Waals surface area contributed by atoms with Crippen LogP contribution in [0.5, 0.6) is 0 Å². The maximum absolute atomic E-state index is 12.7. The van der Waals surface area contributed by atoms with Gasteiger partial charge in [-0.05, 0) is 31.7 Å². The van der Waals surface area contributed by atoms with E-state index in [9.17, 15) is 9.59 Å². The summed E-state index contributed by atoms with van der Waals surface area (Å²) >= 11 is 7.75. The van der Waals surface area contributed by atoms with E-state index in [0.29, 0.717) is 10.9 Å². The highest BCUT2D eigenvalue weighted by molar-refractivity contribution is 7.13. The molecule has 0 bridgehead atoms. The monoisotopic (exact) mass is 445 g/mol. The molecule has 0 atom stereocenters. The molecule has 0 unspecified atom stereocenters. The van der Waals surface area contributed by atoms with E-state index < -0.39 is 0 Å². The highest BCUT2D eigenvalue weighted by Gasteiger charge is 2.29. The molecule has 0 spiro atoms. The minimum Gasteiger partial charge on any atom is -0.353 e. The molecule has 1 aliphatic carbocycles. The average Bonchev–Trinajstić information content (AvgIpc) is 3.22. The third kappa shape index (κ3) is 5.22. The van der Waals surface area contributed by atoms with Crippen LogP contribution in [0.2, 0.25) is 5.02 Å². The lowest BCUT2D eigenvalue weighted by atomic mass is 9.87. The molecule has 0 radical (unpaired) electrons. The first-order valence-electron chi connectivity index (χ1n) is 10.9. The van der Waals surface area contributed by atoms with Crippen LogP contribution in [-0.4, -0.2) is 40.8 Å². The van der Waals surface area contributed by atoms with Crippen molar-refractivity contribution in [2.45, 2.75) is 57.4 Å². The average molecular weight is 446 g/mol. The van der Waals surface area contributed by atoms with Gasteiger partial charge in [-0.1, -0.05) is 49.1 Å². The fourth-order valence-corrected chi connectivity index (χ4v) is 5.58. The van der Waals surface area contributed by atoms with Gasteiger partial charge in [0.25, 0.3) is 0 Å². The Hall–Kier alpha value is -1.92. The third-order valence-corrected chi connectivity index (χ3v) is 7.38. The van der Waals surface area contributed by atoms with E-state index in [4.69, 9.17) is 11.6 Å². The summed E-state index contributed by atoms with van der Waals surface area (Å²) < 4.78 is 0. The number of nitrogens with one attached hydrogen (secondary N) is 1. The highest BCUT2D eigenvalue weighted by atomic mass is 35.5. The topological polar surface area (TPSA) is 62.3 Å². The normalized spacial score (nSPS) is 18.4. The quantitative estimate of drug-likeness (QED) is 0.725. The van der Waals surface area contributed by atoms with Crippen LogP contribution in [0.25, 0.3) is 10.6 Å². The second-order valence-corrected chi connectivity index (χ2v) is 9.57. The third-order valence-electron chi connectivity index (χ3n) is 6.12. The fourth-order valence-electron chi connectivity index (χ4n) is 4.44. The number of rotatable bonds is 5. The summed E-state index contributed by atoms with van der Waals surface area (Å²) in [6.07, 6.45) is 7.62. The number of aromatic nitrogens is 1. The van der Waals surface area contributed by atoms with Crippen molar-refractivity contribution in [2.75, 3.05) is 13.1 Å². The van der Waals surface area contributed by atoms with Crippen LogP contribution < -0.4 is 5.32 Å². The van der Waals surface area contributed by atoms with Gasteiger partial charge < -0.3 is 10.2 Å². The standard InChI is InChI=1S/C23H28ClN3O2S/c24-20-9-5-4-8-19(20)22-26-18(15-30-22)14-21(28)25-17-10-12-27(13-11-17)23(29)16-6-2-1-3-7-16/h4-5,8-9,15-17H,1-3,6-7,10-14H2,(H,25,28). The lowest BCUT2D eigenvalue weighted by Crippen LogP contribution is -2.48. The Morgan fingerprint density at radius 1 is 1.10 bits per heavy atom. The van der Waals surface area contributed by atoms with Crippen molar-refractivity contribution in [3.63, 3.8) is 0 Å². The fraction of sp³-hybridized carbons (Fsp3) is 0.522. The van der Waals surface area contributed by atoms with E-state index in [2.05, 4.69) is 10.3 Å². The van der Waals surface area contributed by atoms with Gasteiger partial charge in [-0.15, -0.1) is 11.3 Å². The summed E-state index contributed by atoms with van der Waals surface area (Å²) in [7, 11) is 0. The van der Waals surface area contributed by atoms with Gasteiger partial charge in [0.1, 0.15) is 5.01 Å². The number of halogens is 1. The SMILES string of the molecule is O=C(Cc1csc(-c2ccccc2Cl)n1)NC1CCN(C(=O)C2CCCCC2)CC1. The molecular weight excluding hydrogens is 418 g/mol. The van der Waals surface area contributed by atoms with Crippen LogP contribution in [0.3, 0.4) is 0 Å². The summed E-state index contributed by atoms with van der Waals surface area (Å²) in [5.41, 5.74) is 1.66. The molecule has 1 saturated carbocycles. The number of carbonyl (C=O) groups excluding carboxylic acids is 2. The van der Waals surface area contributed by atoms with Crippen molar-refractivity contribution in [2.24, 2.45) is 5.92 Å². The smallest absolute Gasteiger partial charge is 0.226 e. The number of amides is 2. The van der Waals surface area contributed by atoms with E-state index in [1.165, 1.54) is 30.6 Å². The van der Waals surface area contributed by atoms with Crippen LogP contribution in [0, 0.1) is 5.92 Å². The van der Waals surface area contributed by atoms with Gasteiger partial charge in [-0.25, -0.2) is 4.98 Å². The Morgan fingerprint density at radius 3 is 2.57 bits per heavy atom. The van der Waals surface area contributed by atoms with E-state index in [0.717, 1.165) is 55.0 Å². The van der Waals surface area contributed by atoms with Gasteiger partial charge in [0, 0.05) is 36.0 Å². The van der Waals surface area contributed by atoms with Crippen LogP contribution in [0.1, 0.15) is 50.6 Å². The van der Waals surface area contributed by atoms with E-state index in [1.807, 2.05) is 34.5 Å². The van der Waals surface area contributed by atoms with Crippen molar-refractivity contribution < 1.29 is 9.59 Å². The van der Waals surface area contributed by atoms with Crippen molar-refractivity contribution in [3.05, 3.63) is 40.4 Å². The number of nitrogens with zero attached hydrogens (tertiary/aromatic N) is 2. The molecule has 1 aromatic heterocycles. The molecule has 2 aromatic rings. The van der Waals surface area contributed by atoms with Gasteiger partial charge in [-0.3, -0.25) is 9.59 Å². The number of hydrogen-bond donors (Lipinski definition) is 1. The first kappa shape index (κ1) is 21.3.